The number of aryl methyl sites for hydroxylation is 2. The topological polar surface area (TPSA) is 42.3 Å². The SMILES string of the molecule is COCC1CCN(c2c(CNC3CC3)c(C)nn2C)CC1. The zero-order valence-electron chi connectivity index (χ0n) is 13.6. The number of ether oxygens (including phenoxy) is 1. The number of piperidine rings is 1. The van der Waals surface area contributed by atoms with Crippen LogP contribution < -0.4 is 10.2 Å². The Hall–Kier alpha value is -1.07. The second-order valence-corrected chi connectivity index (χ2v) is 6.55. The molecule has 0 unspecified atom stereocenters. The average molecular weight is 292 g/mol. The standard InChI is InChI=1S/C16H28N4O/c1-12-15(10-17-14-4-5-14)16(19(2)18-12)20-8-6-13(7-9-20)11-21-3/h13-14,17H,4-11H2,1-3H3. The first-order valence-corrected chi connectivity index (χ1v) is 8.18. The predicted octanol–water partition coefficient (Wildman–Crippen LogP) is 1.84. The van der Waals surface area contributed by atoms with E-state index in [-0.39, 0.29) is 0 Å². The quantitative estimate of drug-likeness (QED) is 0.869. The van der Waals surface area contributed by atoms with Crippen molar-refractivity contribution in [3.8, 4) is 0 Å². The smallest absolute Gasteiger partial charge is 0.131 e. The molecule has 2 fully saturated rings. The Balaban J connectivity index is 1.68. The number of nitrogens with one attached hydrogen (secondary N) is 1. The maximum Gasteiger partial charge on any atom is 0.131 e. The molecule has 1 N–H and O–H groups in total. The molecule has 0 atom stereocenters. The van der Waals surface area contributed by atoms with E-state index in [2.05, 4.69) is 34.0 Å². The third-order valence-corrected chi connectivity index (χ3v) is 4.77. The summed E-state index contributed by atoms with van der Waals surface area (Å²) < 4.78 is 7.36. The van der Waals surface area contributed by atoms with Gasteiger partial charge in [-0.05, 0) is 38.5 Å². The minimum absolute atomic E-state index is 0.716. The van der Waals surface area contributed by atoms with E-state index in [9.17, 15) is 0 Å². The number of rotatable bonds is 6. The molecule has 5 heteroatoms. The number of methoxy groups -OCH3 is 1. The van der Waals surface area contributed by atoms with Crippen LogP contribution in [-0.4, -0.2) is 42.6 Å². The summed E-state index contributed by atoms with van der Waals surface area (Å²) in [6.45, 7) is 6.21. The van der Waals surface area contributed by atoms with E-state index in [1.165, 1.54) is 42.8 Å². The van der Waals surface area contributed by atoms with Crippen molar-refractivity contribution in [2.45, 2.75) is 45.2 Å². The Morgan fingerprint density at radius 2 is 1.95 bits per heavy atom. The van der Waals surface area contributed by atoms with E-state index in [0.717, 1.165) is 32.3 Å². The summed E-state index contributed by atoms with van der Waals surface area (Å²) in [6.07, 6.45) is 5.09. The number of hydrogen-bond acceptors (Lipinski definition) is 4. The molecule has 0 bridgehead atoms. The monoisotopic (exact) mass is 292 g/mol. The molecule has 1 aromatic heterocycles. The Morgan fingerprint density at radius 1 is 1.24 bits per heavy atom. The molecule has 3 rings (SSSR count). The Labute approximate surface area is 127 Å². The summed E-state index contributed by atoms with van der Waals surface area (Å²) in [6, 6.07) is 0.741. The molecule has 1 saturated heterocycles. The van der Waals surface area contributed by atoms with Crippen LogP contribution in [0.4, 0.5) is 5.82 Å². The molecule has 0 radical (unpaired) electrons. The van der Waals surface area contributed by atoms with Gasteiger partial charge in [-0.15, -0.1) is 0 Å². The van der Waals surface area contributed by atoms with Crippen molar-refractivity contribution < 1.29 is 4.74 Å². The van der Waals surface area contributed by atoms with Crippen LogP contribution in [0.25, 0.3) is 0 Å². The summed E-state index contributed by atoms with van der Waals surface area (Å²) in [5.41, 5.74) is 2.55. The lowest BCUT2D eigenvalue weighted by Gasteiger charge is -2.33. The van der Waals surface area contributed by atoms with Gasteiger partial charge in [0.1, 0.15) is 5.82 Å². The number of nitrogens with zero attached hydrogens (tertiary/aromatic N) is 3. The van der Waals surface area contributed by atoms with Gasteiger partial charge in [-0.3, -0.25) is 4.68 Å². The van der Waals surface area contributed by atoms with Crippen LogP contribution in [-0.2, 0) is 18.3 Å². The van der Waals surface area contributed by atoms with Gasteiger partial charge in [0.15, 0.2) is 0 Å². The third kappa shape index (κ3) is 3.40. The number of anilines is 1. The van der Waals surface area contributed by atoms with Gasteiger partial charge in [0.2, 0.25) is 0 Å². The Kier molecular flexibility index (Phi) is 4.50. The molecule has 1 saturated carbocycles. The maximum atomic E-state index is 5.30. The molecular formula is C16H28N4O. The highest BCUT2D eigenvalue weighted by Crippen LogP contribution is 2.29. The van der Waals surface area contributed by atoms with Gasteiger partial charge in [0.25, 0.3) is 0 Å². The van der Waals surface area contributed by atoms with Crippen LogP contribution in [0, 0.1) is 12.8 Å². The highest BCUT2D eigenvalue weighted by atomic mass is 16.5. The van der Waals surface area contributed by atoms with E-state index >= 15 is 0 Å². The lowest BCUT2D eigenvalue weighted by atomic mass is 9.97. The van der Waals surface area contributed by atoms with Gasteiger partial charge in [0, 0.05) is 52.0 Å². The second kappa shape index (κ2) is 6.36. The van der Waals surface area contributed by atoms with Gasteiger partial charge in [0.05, 0.1) is 5.69 Å². The number of aromatic nitrogens is 2. The third-order valence-electron chi connectivity index (χ3n) is 4.77. The van der Waals surface area contributed by atoms with Gasteiger partial charge in [-0.2, -0.15) is 5.10 Å². The van der Waals surface area contributed by atoms with Crippen LogP contribution in [0.1, 0.15) is 36.9 Å². The molecule has 1 aliphatic heterocycles. The Bertz CT molecular complexity index is 473. The second-order valence-electron chi connectivity index (χ2n) is 6.55. The normalized spacial score (nSPS) is 20.2. The maximum absolute atomic E-state index is 5.30. The molecule has 1 aromatic rings. The molecule has 0 amide bonds. The molecule has 5 nitrogen and oxygen atoms in total. The van der Waals surface area contributed by atoms with Crippen molar-refractivity contribution in [1.29, 1.82) is 0 Å². The molecule has 21 heavy (non-hydrogen) atoms. The zero-order valence-corrected chi connectivity index (χ0v) is 13.6. The van der Waals surface area contributed by atoms with Crippen molar-refractivity contribution in [2.24, 2.45) is 13.0 Å². The first kappa shape index (κ1) is 14.9. The first-order chi connectivity index (χ1) is 10.2. The van der Waals surface area contributed by atoms with Crippen LogP contribution in [0.15, 0.2) is 0 Å². The molecular weight excluding hydrogens is 264 g/mol. The fourth-order valence-electron chi connectivity index (χ4n) is 3.37. The first-order valence-electron chi connectivity index (χ1n) is 8.18. The fourth-order valence-corrected chi connectivity index (χ4v) is 3.37. The van der Waals surface area contributed by atoms with E-state index in [4.69, 9.17) is 4.74 Å². The highest BCUT2D eigenvalue weighted by Gasteiger charge is 2.26. The minimum atomic E-state index is 0.716. The predicted molar refractivity (Wildman–Crippen MR) is 84.6 cm³/mol. The van der Waals surface area contributed by atoms with Crippen molar-refractivity contribution in [3.05, 3.63) is 11.3 Å². The van der Waals surface area contributed by atoms with Gasteiger partial charge >= 0.3 is 0 Å². The van der Waals surface area contributed by atoms with Crippen molar-refractivity contribution in [1.82, 2.24) is 15.1 Å². The van der Waals surface area contributed by atoms with Crippen LogP contribution in [0.3, 0.4) is 0 Å². The lowest BCUT2D eigenvalue weighted by molar-refractivity contribution is 0.139. The zero-order chi connectivity index (χ0) is 14.8. The van der Waals surface area contributed by atoms with Crippen LogP contribution >= 0.6 is 0 Å². The van der Waals surface area contributed by atoms with E-state index < -0.39 is 0 Å². The van der Waals surface area contributed by atoms with Crippen molar-refractivity contribution in [3.63, 3.8) is 0 Å². The molecule has 2 heterocycles. The lowest BCUT2D eigenvalue weighted by Crippen LogP contribution is -2.37. The van der Waals surface area contributed by atoms with Gasteiger partial charge < -0.3 is 15.0 Å². The highest BCUT2D eigenvalue weighted by molar-refractivity contribution is 5.50. The van der Waals surface area contributed by atoms with Crippen LogP contribution in [0.2, 0.25) is 0 Å². The van der Waals surface area contributed by atoms with Gasteiger partial charge in [-0.1, -0.05) is 0 Å². The largest absolute Gasteiger partial charge is 0.384 e. The summed E-state index contributed by atoms with van der Waals surface area (Å²) in [7, 11) is 3.88. The summed E-state index contributed by atoms with van der Waals surface area (Å²) >= 11 is 0. The molecule has 2 aliphatic rings. The molecule has 0 spiro atoms. The summed E-state index contributed by atoms with van der Waals surface area (Å²) in [5.74, 6) is 2.03. The minimum Gasteiger partial charge on any atom is -0.384 e. The Morgan fingerprint density at radius 3 is 2.57 bits per heavy atom. The fraction of sp³-hybridized carbons (Fsp3) is 0.812. The van der Waals surface area contributed by atoms with Crippen LogP contribution in [0.5, 0.6) is 0 Å². The molecule has 1 aliphatic carbocycles. The number of hydrogen-bond donors (Lipinski definition) is 1. The summed E-state index contributed by atoms with van der Waals surface area (Å²) in [5, 5.41) is 8.29. The molecule has 0 aromatic carbocycles. The average Bonchev–Trinajstić information content (AvgIpc) is 3.24. The summed E-state index contributed by atoms with van der Waals surface area (Å²) in [4.78, 5) is 2.51. The van der Waals surface area contributed by atoms with E-state index in [0.29, 0.717) is 5.92 Å². The molecule has 118 valence electrons. The van der Waals surface area contributed by atoms with Crippen molar-refractivity contribution in [2.75, 3.05) is 31.7 Å². The van der Waals surface area contributed by atoms with E-state index in [1.807, 2.05) is 0 Å². The van der Waals surface area contributed by atoms with E-state index in [1.54, 1.807) is 7.11 Å². The van der Waals surface area contributed by atoms with Crippen molar-refractivity contribution >= 4 is 5.82 Å². The van der Waals surface area contributed by atoms with Gasteiger partial charge in [-0.25, -0.2) is 0 Å².